The Bertz CT molecular complexity index is 135. The Balaban J connectivity index is 2.50. The van der Waals surface area contributed by atoms with E-state index in [4.69, 9.17) is 0 Å². The zero-order valence-corrected chi connectivity index (χ0v) is 4.23. The molecule has 1 unspecified atom stereocenters. The second-order valence-electron chi connectivity index (χ2n) is 1.68. The molecule has 0 saturated carbocycles. The first-order chi connectivity index (χ1) is 4.02. The molecule has 0 radical (unpaired) electrons. The van der Waals surface area contributed by atoms with E-state index in [0.717, 1.165) is 0 Å². The van der Waals surface area contributed by atoms with Crippen LogP contribution in [0.15, 0.2) is 0 Å². The predicted molar refractivity (Wildman–Crippen MR) is 20.8 cm³/mol. The number of ketones is 1. The van der Waals surface area contributed by atoms with E-state index in [0.29, 0.717) is 0 Å². The van der Waals surface area contributed by atoms with Crippen LogP contribution in [0.3, 0.4) is 0 Å². The second-order valence-corrected chi connectivity index (χ2v) is 1.68. The van der Waals surface area contributed by atoms with Gasteiger partial charge in [-0.3, -0.25) is 4.79 Å². The van der Waals surface area contributed by atoms with Crippen molar-refractivity contribution in [3.8, 4) is 0 Å². The molecule has 1 heterocycles. The zero-order chi connectivity index (χ0) is 7.07. The van der Waals surface area contributed by atoms with Gasteiger partial charge in [0.1, 0.15) is 6.10 Å². The Kier molecular flexibility index (Phi) is 1.23. The Labute approximate surface area is 48.6 Å². The number of ether oxygens (including phenoxy) is 1. The average Bonchev–Trinajstić information content (AvgIpc) is 2.40. The van der Waals surface area contributed by atoms with Crippen molar-refractivity contribution in [2.75, 3.05) is 6.61 Å². The molecule has 0 bridgehead atoms. The number of Topliss-reactive ketones (excluding diaryl/α,β-unsaturated/α-hetero) is 1. The van der Waals surface area contributed by atoms with Crippen LogP contribution in [0.5, 0.6) is 0 Å². The minimum absolute atomic E-state index is 0.0850. The fourth-order valence-corrected chi connectivity index (χ4v) is 0.382. The van der Waals surface area contributed by atoms with Gasteiger partial charge in [0.15, 0.2) is 0 Å². The van der Waals surface area contributed by atoms with Gasteiger partial charge in [-0.15, -0.1) is 0 Å². The number of epoxide rings is 1. The molecule has 0 aliphatic carbocycles. The highest BCUT2D eigenvalue weighted by Crippen LogP contribution is 2.24. The van der Waals surface area contributed by atoms with Gasteiger partial charge in [0, 0.05) is 0 Å². The Morgan fingerprint density at radius 2 is 2.00 bits per heavy atom. The highest BCUT2D eigenvalue weighted by molar-refractivity contribution is 5.89. The second kappa shape index (κ2) is 1.70. The summed E-state index contributed by atoms with van der Waals surface area (Å²) in [5, 5.41) is 0. The maximum atomic E-state index is 11.3. The summed E-state index contributed by atoms with van der Waals surface area (Å²) in [5.74, 6) is -1.78. The molecule has 1 fully saturated rings. The van der Waals surface area contributed by atoms with Crippen molar-refractivity contribution >= 4 is 5.78 Å². The van der Waals surface area contributed by atoms with Crippen LogP contribution in [-0.4, -0.2) is 24.7 Å². The largest absolute Gasteiger partial charge is 0.452 e. The van der Waals surface area contributed by atoms with Crippen LogP contribution in [0.4, 0.5) is 13.2 Å². The molecule has 0 spiro atoms. The maximum Gasteiger partial charge on any atom is 0.452 e. The van der Waals surface area contributed by atoms with Crippen LogP contribution < -0.4 is 0 Å². The lowest BCUT2D eigenvalue weighted by Gasteiger charge is -1.99. The third-order valence-electron chi connectivity index (χ3n) is 0.905. The van der Waals surface area contributed by atoms with Crippen LogP contribution in [-0.2, 0) is 9.53 Å². The molecule has 2 nitrogen and oxygen atoms in total. The third kappa shape index (κ3) is 1.41. The topological polar surface area (TPSA) is 29.6 Å². The van der Waals surface area contributed by atoms with Crippen LogP contribution in [0.1, 0.15) is 0 Å². The van der Waals surface area contributed by atoms with E-state index in [1.807, 2.05) is 0 Å². The molecule has 0 amide bonds. The predicted octanol–water partition coefficient (Wildman–Crippen LogP) is 0.517. The molecule has 1 saturated heterocycles. The highest BCUT2D eigenvalue weighted by Gasteiger charge is 2.49. The van der Waals surface area contributed by atoms with Crippen molar-refractivity contribution in [1.82, 2.24) is 0 Å². The quantitative estimate of drug-likeness (QED) is 0.497. The lowest BCUT2D eigenvalue weighted by molar-refractivity contribution is -0.172. The van der Waals surface area contributed by atoms with Crippen LogP contribution in [0, 0.1) is 0 Å². The van der Waals surface area contributed by atoms with Gasteiger partial charge in [-0.1, -0.05) is 0 Å². The normalized spacial score (nSPS) is 25.9. The Hall–Kier alpha value is -0.580. The van der Waals surface area contributed by atoms with Gasteiger partial charge >= 0.3 is 6.18 Å². The molecule has 0 aromatic heterocycles. The van der Waals surface area contributed by atoms with Gasteiger partial charge in [0.25, 0.3) is 5.78 Å². The minimum atomic E-state index is -4.72. The van der Waals surface area contributed by atoms with Crippen molar-refractivity contribution in [1.29, 1.82) is 0 Å². The number of hydrogen-bond donors (Lipinski definition) is 0. The fraction of sp³-hybridized carbons (Fsp3) is 0.750. The fourth-order valence-electron chi connectivity index (χ4n) is 0.382. The Morgan fingerprint density at radius 3 is 2.11 bits per heavy atom. The first-order valence-corrected chi connectivity index (χ1v) is 2.24. The van der Waals surface area contributed by atoms with Crippen molar-refractivity contribution in [3.63, 3.8) is 0 Å². The van der Waals surface area contributed by atoms with Gasteiger partial charge in [-0.25, -0.2) is 0 Å². The van der Waals surface area contributed by atoms with Crippen molar-refractivity contribution in [2.45, 2.75) is 12.3 Å². The Morgan fingerprint density at radius 1 is 1.56 bits per heavy atom. The van der Waals surface area contributed by atoms with Crippen LogP contribution >= 0.6 is 0 Å². The highest BCUT2D eigenvalue weighted by atomic mass is 19.4. The van der Waals surface area contributed by atoms with Crippen LogP contribution in [0.25, 0.3) is 0 Å². The smallest absolute Gasteiger partial charge is 0.364 e. The molecular formula is C4H3F3O2. The maximum absolute atomic E-state index is 11.3. The average molecular weight is 140 g/mol. The lowest BCUT2D eigenvalue weighted by Crippen LogP contribution is -2.27. The number of rotatable bonds is 1. The van der Waals surface area contributed by atoms with Gasteiger partial charge in [-0.05, 0) is 0 Å². The lowest BCUT2D eigenvalue weighted by atomic mass is 10.3. The van der Waals surface area contributed by atoms with Crippen molar-refractivity contribution in [2.24, 2.45) is 0 Å². The molecule has 0 aromatic rings. The summed E-state index contributed by atoms with van der Waals surface area (Å²) in [7, 11) is 0. The summed E-state index contributed by atoms with van der Waals surface area (Å²) in [6.07, 6.45) is -5.92. The van der Waals surface area contributed by atoms with E-state index >= 15 is 0 Å². The van der Waals surface area contributed by atoms with Crippen molar-refractivity contribution < 1.29 is 22.7 Å². The molecule has 1 atom stereocenters. The van der Waals surface area contributed by atoms with Gasteiger partial charge < -0.3 is 4.74 Å². The zero-order valence-electron chi connectivity index (χ0n) is 4.23. The minimum Gasteiger partial charge on any atom is -0.364 e. The molecule has 1 rings (SSSR count). The molecular weight excluding hydrogens is 137 g/mol. The molecule has 0 aromatic carbocycles. The molecule has 5 heteroatoms. The number of alkyl halides is 3. The summed E-state index contributed by atoms with van der Waals surface area (Å²) in [6.45, 7) is -0.0850. The summed E-state index contributed by atoms with van der Waals surface area (Å²) in [6, 6.07) is 0. The first-order valence-electron chi connectivity index (χ1n) is 2.24. The summed E-state index contributed by atoms with van der Waals surface area (Å²) in [4.78, 5) is 9.98. The van der Waals surface area contributed by atoms with Gasteiger partial charge in [0.05, 0.1) is 6.61 Å². The molecule has 1 aliphatic rings. The monoisotopic (exact) mass is 140 g/mol. The summed E-state index contributed by atoms with van der Waals surface area (Å²) >= 11 is 0. The van der Waals surface area contributed by atoms with E-state index in [2.05, 4.69) is 4.74 Å². The first kappa shape index (κ1) is 6.54. The SMILES string of the molecule is O=C(C1CO1)C(F)(F)F. The van der Waals surface area contributed by atoms with E-state index < -0.39 is 18.1 Å². The number of hydrogen-bond acceptors (Lipinski definition) is 2. The number of carbonyl (C=O) groups excluding carboxylic acids is 1. The summed E-state index contributed by atoms with van der Waals surface area (Å²) in [5.41, 5.74) is 0. The molecule has 9 heavy (non-hydrogen) atoms. The molecule has 0 N–H and O–H groups in total. The molecule has 52 valence electrons. The standard InChI is InChI=1S/C4H3F3O2/c5-4(6,7)3(8)2-1-9-2/h2H,1H2. The summed E-state index contributed by atoms with van der Waals surface area (Å²) < 4.78 is 38.1. The van der Waals surface area contributed by atoms with Gasteiger partial charge in [-0.2, -0.15) is 13.2 Å². The molecule has 1 aliphatic heterocycles. The number of halogens is 3. The number of carbonyl (C=O) groups is 1. The van der Waals surface area contributed by atoms with Crippen molar-refractivity contribution in [3.05, 3.63) is 0 Å². The van der Waals surface area contributed by atoms with Gasteiger partial charge in [0.2, 0.25) is 0 Å². The van der Waals surface area contributed by atoms with E-state index in [1.165, 1.54) is 0 Å². The van der Waals surface area contributed by atoms with E-state index in [9.17, 15) is 18.0 Å². The van der Waals surface area contributed by atoms with Crippen LogP contribution in [0.2, 0.25) is 0 Å². The third-order valence-corrected chi connectivity index (χ3v) is 0.905. The van der Waals surface area contributed by atoms with E-state index in [1.54, 1.807) is 0 Å². The van der Waals surface area contributed by atoms with E-state index in [-0.39, 0.29) is 6.61 Å².